The van der Waals surface area contributed by atoms with Crippen LogP contribution in [-0.2, 0) is 4.79 Å². The Morgan fingerprint density at radius 1 is 1.40 bits per heavy atom. The van der Waals surface area contributed by atoms with Crippen LogP contribution in [0.3, 0.4) is 0 Å². The van der Waals surface area contributed by atoms with Crippen LogP contribution in [0.5, 0.6) is 0 Å². The summed E-state index contributed by atoms with van der Waals surface area (Å²) in [5, 5.41) is 3.34. The van der Waals surface area contributed by atoms with E-state index in [1.165, 1.54) is 6.42 Å². The zero-order valence-electron chi connectivity index (χ0n) is 9.67. The van der Waals surface area contributed by atoms with Gasteiger partial charge >= 0.3 is 0 Å². The molecule has 0 amide bonds. The number of nitrogens with one attached hydrogen (secondary N) is 1. The summed E-state index contributed by atoms with van der Waals surface area (Å²) >= 11 is 0. The van der Waals surface area contributed by atoms with Crippen LogP contribution in [0, 0.1) is 5.92 Å². The lowest BCUT2D eigenvalue weighted by Crippen LogP contribution is -2.48. The van der Waals surface area contributed by atoms with Crippen LogP contribution in [0.15, 0.2) is 0 Å². The molecule has 0 radical (unpaired) electrons. The minimum atomic E-state index is 0.412. The number of rotatable bonds is 4. The third kappa shape index (κ3) is 2.79. The van der Waals surface area contributed by atoms with Crippen molar-refractivity contribution >= 4 is 5.78 Å². The van der Waals surface area contributed by atoms with E-state index >= 15 is 0 Å². The van der Waals surface area contributed by atoms with Crippen LogP contribution in [0.4, 0.5) is 0 Å². The van der Waals surface area contributed by atoms with E-state index in [2.05, 4.69) is 17.1 Å². The molecule has 2 fully saturated rings. The van der Waals surface area contributed by atoms with Gasteiger partial charge in [0.2, 0.25) is 0 Å². The number of carbonyl (C=O) groups is 1. The first-order chi connectivity index (χ1) is 7.27. The van der Waals surface area contributed by atoms with Crippen LogP contribution >= 0.6 is 0 Å². The van der Waals surface area contributed by atoms with Crippen molar-refractivity contribution in [3.63, 3.8) is 0 Å². The molecular formula is C12H22N2O. The Morgan fingerprint density at radius 2 is 2.07 bits per heavy atom. The number of hydrogen-bond donors (Lipinski definition) is 1. The summed E-state index contributed by atoms with van der Waals surface area (Å²) < 4.78 is 0. The van der Waals surface area contributed by atoms with Gasteiger partial charge in [0, 0.05) is 44.6 Å². The fourth-order valence-electron chi connectivity index (χ4n) is 2.44. The van der Waals surface area contributed by atoms with Gasteiger partial charge in [-0.3, -0.25) is 9.69 Å². The Kier molecular flexibility index (Phi) is 3.76. The van der Waals surface area contributed by atoms with Crippen LogP contribution in [0.25, 0.3) is 0 Å². The fraction of sp³-hybridized carbons (Fsp3) is 0.917. The highest BCUT2D eigenvalue weighted by atomic mass is 16.1. The van der Waals surface area contributed by atoms with Gasteiger partial charge in [-0.25, -0.2) is 0 Å². The highest BCUT2D eigenvalue weighted by molar-refractivity contribution is 5.82. The zero-order chi connectivity index (χ0) is 10.7. The van der Waals surface area contributed by atoms with E-state index in [9.17, 15) is 4.79 Å². The van der Waals surface area contributed by atoms with E-state index in [0.717, 1.165) is 45.4 Å². The van der Waals surface area contributed by atoms with Gasteiger partial charge in [0.1, 0.15) is 5.78 Å². The van der Waals surface area contributed by atoms with Gasteiger partial charge in [-0.1, -0.05) is 6.42 Å². The zero-order valence-corrected chi connectivity index (χ0v) is 9.67. The molecule has 1 aliphatic heterocycles. The minimum absolute atomic E-state index is 0.412. The molecule has 0 aromatic rings. The molecule has 1 aliphatic carbocycles. The molecule has 1 saturated carbocycles. The molecule has 2 aliphatic rings. The highest BCUT2D eigenvalue weighted by Gasteiger charge is 2.27. The van der Waals surface area contributed by atoms with Gasteiger partial charge in [0.05, 0.1) is 0 Å². The maximum atomic E-state index is 11.8. The van der Waals surface area contributed by atoms with Gasteiger partial charge in [-0.2, -0.15) is 0 Å². The Hall–Kier alpha value is -0.410. The number of carbonyl (C=O) groups excluding carboxylic acids is 1. The van der Waals surface area contributed by atoms with Crippen molar-refractivity contribution in [1.82, 2.24) is 10.2 Å². The Balaban J connectivity index is 1.74. The predicted molar refractivity (Wildman–Crippen MR) is 60.9 cm³/mol. The second kappa shape index (κ2) is 5.08. The minimum Gasteiger partial charge on any atom is -0.314 e. The second-order valence-electron chi connectivity index (χ2n) is 4.93. The number of Topliss-reactive ketones (excluding diaryl/α,β-unsaturated/α-hetero) is 1. The summed E-state index contributed by atoms with van der Waals surface area (Å²) in [4.78, 5) is 14.3. The highest BCUT2D eigenvalue weighted by Crippen LogP contribution is 2.28. The van der Waals surface area contributed by atoms with E-state index < -0.39 is 0 Å². The number of ketones is 1. The van der Waals surface area contributed by atoms with Crippen molar-refractivity contribution < 1.29 is 4.79 Å². The molecule has 0 aromatic heterocycles. The van der Waals surface area contributed by atoms with Gasteiger partial charge in [-0.15, -0.1) is 0 Å². The molecule has 0 aromatic carbocycles. The first-order valence-corrected chi connectivity index (χ1v) is 6.25. The molecule has 1 atom stereocenters. The SMILES string of the molecule is CC(CC(=O)C1CCC1)N1CCNCC1. The Labute approximate surface area is 92.2 Å². The number of hydrogen-bond acceptors (Lipinski definition) is 3. The first kappa shape index (κ1) is 11.1. The molecule has 2 rings (SSSR count). The molecule has 15 heavy (non-hydrogen) atoms. The number of piperazine rings is 1. The molecule has 86 valence electrons. The first-order valence-electron chi connectivity index (χ1n) is 6.25. The summed E-state index contributed by atoms with van der Waals surface area (Å²) in [7, 11) is 0. The van der Waals surface area contributed by atoms with E-state index in [-0.39, 0.29) is 0 Å². The van der Waals surface area contributed by atoms with Crippen LogP contribution in [-0.4, -0.2) is 42.9 Å². The van der Waals surface area contributed by atoms with Crippen molar-refractivity contribution in [2.24, 2.45) is 5.92 Å². The normalized spacial score (nSPS) is 25.9. The molecule has 0 bridgehead atoms. The average Bonchev–Trinajstić information content (AvgIpc) is 2.16. The molecule has 1 unspecified atom stereocenters. The van der Waals surface area contributed by atoms with Crippen molar-refractivity contribution in [2.75, 3.05) is 26.2 Å². The lowest BCUT2D eigenvalue weighted by Gasteiger charge is -2.34. The van der Waals surface area contributed by atoms with Gasteiger partial charge in [-0.05, 0) is 19.8 Å². The Bertz CT molecular complexity index is 220. The van der Waals surface area contributed by atoms with Gasteiger partial charge in [0.25, 0.3) is 0 Å². The lowest BCUT2D eigenvalue weighted by atomic mass is 9.80. The summed E-state index contributed by atoms with van der Waals surface area (Å²) in [6.07, 6.45) is 4.32. The van der Waals surface area contributed by atoms with E-state index in [0.29, 0.717) is 17.7 Å². The van der Waals surface area contributed by atoms with Crippen LogP contribution in [0.2, 0.25) is 0 Å². The summed E-state index contributed by atoms with van der Waals surface area (Å²) in [5.74, 6) is 0.919. The smallest absolute Gasteiger partial charge is 0.137 e. The number of nitrogens with zero attached hydrogens (tertiary/aromatic N) is 1. The summed E-state index contributed by atoms with van der Waals surface area (Å²) in [5.41, 5.74) is 0. The van der Waals surface area contributed by atoms with Gasteiger partial charge < -0.3 is 5.32 Å². The molecule has 1 heterocycles. The fourth-order valence-corrected chi connectivity index (χ4v) is 2.44. The molecule has 3 nitrogen and oxygen atoms in total. The maximum Gasteiger partial charge on any atom is 0.137 e. The third-order valence-electron chi connectivity index (χ3n) is 3.83. The van der Waals surface area contributed by atoms with Crippen LogP contribution < -0.4 is 5.32 Å². The standard InChI is InChI=1S/C12H22N2O/c1-10(14-7-5-13-6-8-14)9-12(15)11-3-2-4-11/h10-11,13H,2-9H2,1H3. The van der Waals surface area contributed by atoms with Crippen molar-refractivity contribution in [2.45, 2.75) is 38.6 Å². The topological polar surface area (TPSA) is 32.3 Å². The average molecular weight is 210 g/mol. The molecule has 3 heteroatoms. The lowest BCUT2D eigenvalue weighted by molar-refractivity contribution is -0.126. The van der Waals surface area contributed by atoms with E-state index in [1.54, 1.807) is 0 Å². The molecule has 0 spiro atoms. The van der Waals surface area contributed by atoms with Crippen molar-refractivity contribution in [3.8, 4) is 0 Å². The van der Waals surface area contributed by atoms with E-state index in [4.69, 9.17) is 0 Å². The largest absolute Gasteiger partial charge is 0.314 e. The molecule has 1 saturated heterocycles. The maximum absolute atomic E-state index is 11.8. The summed E-state index contributed by atoms with van der Waals surface area (Å²) in [6, 6.07) is 0.445. The molecule has 1 N–H and O–H groups in total. The van der Waals surface area contributed by atoms with Crippen molar-refractivity contribution in [1.29, 1.82) is 0 Å². The molecular weight excluding hydrogens is 188 g/mol. The Morgan fingerprint density at radius 3 is 2.60 bits per heavy atom. The monoisotopic (exact) mass is 210 g/mol. The van der Waals surface area contributed by atoms with Gasteiger partial charge in [0.15, 0.2) is 0 Å². The second-order valence-corrected chi connectivity index (χ2v) is 4.93. The van der Waals surface area contributed by atoms with Crippen molar-refractivity contribution in [3.05, 3.63) is 0 Å². The predicted octanol–water partition coefficient (Wildman–Crippen LogP) is 1.04. The van der Waals surface area contributed by atoms with Crippen LogP contribution in [0.1, 0.15) is 32.6 Å². The quantitative estimate of drug-likeness (QED) is 0.752. The third-order valence-corrected chi connectivity index (χ3v) is 3.83. The van der Waals surface area contributed by atoms with E-state index in [1.807, 2.05) is 0 Å². The summed E-state index contributed by atoms with van der Waals surface area (Å²) in [6.45, 7) is 6.53.